The van der Waals surface area contributed by atoms with E-state index < -0.39 is 10.7 Å². The molecule has 0 fully saturated rings. The number of rotatable bonds is 6. The summed E-state index contributed by atoms with van der Waals surface area (Å²) >= 11 is 4.99. The number of nitro benzene ring substituents is 1. The minimum atomic E-state index is -0.672. The number of hydrogen-bond donors (Lipinski definition) is 1. The van der Waals surface area contributed by atoms with Crippen molar-refractivity contribution in [3.63, 3.8) is 0 Å². The zero-order valence-corrected chi connectivity index (χ0v) is 13.5. The summed E-state index contributed by atoms with van der Waals surface area (Å²) in [5, 5.41) is 13.7. The summed E-state index contributed by atoms with van der Waals surface area (Å²) in [6, 6.07) is 6.11. The quantitative estimate of drug-likeness (QED) is 0.607. The zero-order chi connectivity index (χ0) is 15.4. The lowest BCUT2D eigenvalue weighted by Crippen LogP contribution is -2.06. The van der Waals surface area contributed by atoms with Crippen LogP contribution in [0.3, 0.4) is 0 Å². The van der Waals surface area contributed by atoms with E-state index in [-0.39, 0.29) is 17.1 Å². The largest absolute Gasteiger partial charge is 0.490 e. The molecule has 0 amide bonds. The predicted molar refractivity (Wildman–Crippen MR) is 83.8 cm³/mol. The Balaban J connectivity index is 2.07. The first-order valence-electron chi connectivity index (χ1n) is 6.01. The Labute approximate surface area is 133 Å². The van der Waals surface area contributed by atoms with Crippen LogP contribution in [0.1, 0.15) is 4.88 Å². The maximum Gasteiger partial charge on any atom is 0.313 e. The Morgan fingerprint density at radius 1 is 1.48 bits per heavy atom. The number of hydrogen-bond acceptors (Lipinski definition) is 5. The van der Waals surface area contributed by atoms with Crippen molar-refractivity contribution in [2.75, 3.05) is 19.0 Å². The van der Waals surface area contributed by atoms with Crippen LogP contribution < -0.4 is 10.1 Å². The van der Waals surface area contributed by atoms with Gasteiger partial charge < -0.3 is 10.1 Å². The lowest BCUT2D eigenvalue weighted by atomic mass is 10.2. The van der Waals surface area contributed by atoms with Crippen molar-refractivity contribution >= 4 is 38.6 Å². The van der Waals surface area contributed by atoms with Gasteiger partial charge in [0.15, 0.2) is 11.6 Å². The third kappa shape index (κ3) is 3.92. The van der Waals surface area contributed by atoms with E-state index in [0.29, 0.717) is 6.54 Å². The molecule has 8 heteroatoms. The van der Waals surface area contributed by atoms with E-state index in [1.807, 2.05) is 12.1 Å². The summed E-state index contributed by atoms with van der Waals surface area (Å²) in [6.07, 6.45) is 0.731. The molecular formula is C13H12BrFN2O3S. The number of thiophene rings is 1. The number of ether oxygens (including phenoxy) is 1. The van der Waals surface area contributed by atoms with Crippen LogP contribution in [0.2, 0.25) is 0 Å². The molecule has 1 heterocycles. The molecule has 0 aliphatic carbocycles. The molecule has 0 unspecified atom stereocenters. The highest BCUT2D eigenvalue weighted by atomic mass is 79.9. The second kappa shape index (κ2) is 6.86. The lowest BCUT2D eigenvalue weighted by Gasteiger charge is -2.09. The minimum Gasteiger partial charge on any atom is -0.490 e. The molecule has 1 aromatic carbocycles. The molecule has 5 nitrogen and oxygen atoms in total. The molecule has 0 saturated heterocycles. The number of halogens is 2. The number of nitro groups is 1. The van der Waals surface area contributed by atoms with Gasteiger partial charge >= 0.3 is 5.69 Å². The Hall–Kier alpha value is -1.67. The molecule has 2 aromatic rings. The second-order valence-corrected chi connectivity index (χ2v) is 6.69. The van der Waals surface area contributed by atoms with Crippen LogP contribution in [-0.2, 0) is 6.42 Å². The fourth-order valence-electron chi connectivity index (χ4n) is 1.79. The molecule has 112 valence electrons. The molecule has 0 aliphatic heterocycles. The van der Waals surface area contributed by atoms with E-state index in [2.05, 4.69) is 21.2 Å². The van der Waals surface area contributed by atoms with Gasteiger partial charge in [-0.15, -0.1) is 11.3 Å². The van der Waals surface area contributed by atoms with Crippen molar-refractivity contribution in [1.29, 1.82) is 0 Å². The highest BCUT2D eigenvalue weighted by Crippen LogP contribution is 2.32. The number of anilines is 1. The molecule has 21 heavy (non-hydrogen) atoms. The number of benzene rings is 1. The molecule has 1 aromatic heterocycles. The summed E-state index contributed by atoms with van der Waals surface area (Å²) in [4.78, 5) is 11.3. The number of nitrogens with one attached hydrogen (secondary N) is 1. The van der Waals surface area contributed by atoms with E-state index in [1.165, 1.54) is 13.2 Å². The Bertz CT molecular complexity index is 663. The normalized spacial score (nSPS) is 10.4. The molecule has 1 N–H and O–H groups in total. The van der Waals surface area contributed by atoms with E-state index in [1.54, 1.807) is 11.3 Å². The van der Waals surface area contributed by atoms with E-state index >= 15 is 0 Å². The zero-order valence-electron chi connectivity index (χ0n) is 11.1. The van der Waals surface area contributed by atoms with Crippen molar-refractivity contribution in [2.45, 2.75) is 6.42 Å². The van der Waals surface area contributed by atoms with Gasteiger partial charge in [-0.3, -0.25) is 10.1 Å². The Morgan fingerprint density at radius 2 is 2.24 bits per heavy atom. The van der Waals surface area contributed by atoms with Gasteiger partial charge in [0.2, 0.25) is 0 Å². The monoisotopic (exact) mass is 374 g/mol. The topological polar surface area (TPSA) is 64.4 Å². The number of methoxy groups -OCH3 is 1. The van der Waals surface area contributed by atoms with Gasteiger partial charge in [0.25, 0.3) is 0 Å². The first kappa shape index (κ1) is 15.7. The van der Waals surface area contributed by atoms with Crippen molar-refractivity contribution < 1.29 is 14.1 Å². The predicted octanol–water partition coefficient (Wildman–Crippen LogP) is 4.22. The molecule has 0 bridgehead atoms. The van der Waals surface area contributed by atoms with Gasteiger partial charge in [-0.2, -0.15) is 0 Å². The molecule has 0 spiro atoms. The van der Waals surface area contributed by atoms with Gasteiger partial charge in [0.05, 0.1) is 27.6 Å². The first-order chi connectivity index (χ1) is 10.0. The first-order valence-corrected chi connectivity index (χ1v) is 7.62. The smallest absolute Gasteiger partial charge is 0.313 e. The van der Waals surface area contributed by atoms with E-state index in [0.717, 1.165) is 21.2 Å². The minimum absolute atomic E-state index is 0.0303. The van der Waals surface area contributed by atoms with Crippen LogP contribution in [0.4, 0.5) is 15.8 Å². The van der Waals surface area contributed by atoms with Crippen LogP contribution in [0.25, 0.3) is 0 Å². The molecule has 0 radical (unpaired) electrons. The third-order valence-electron chi connectivity index (χ3n) is 2.78. The summed E-state index contributed by atoms with van der Waals surface area (Å²) in [5.41, 5.74) is -0.198. The van der Waals surface area contributed by atoms with Crippen LogP contribution in [-0.4, -0.2) is 18.6 Å². The standard InChI is InChI=1S/C13H12BrFN2O3S/c1-20-12-7-10(9(15)6-11(12)17(18)19)16-5-4-8-2-3-13(14)21-8/h2-3,6-7,16H,4-5H2,1H3. The van der Waals surface area contributed by atoms with Crippen molar-refractivity contribution in [3.05, 3.63) is 48.9 Å². The fourth-order valence-corrected chi connectivity index (χ4v) is 3.27. The maximum atomic E-state index is 13.8. The van der Waals surface area contributed by atoms with Crippen molar-refractivity contribution in [2.24, 2.45) is 0 Å². The molecule has 0 atom stereocenters. The molecule has 0 aliphatic rings. The summed E-state index contributed by atoms with van der Waals surface area (Å²) in [5.74, 6) is -0.641. The average Bonchev–Trinajstić information content (AvgIpc) is 2.85. The Kier molecular flexibility index (Phi) is 5.13. The average molecular weight is 375 g/mol. The maximum absolute atomic E-state index is 13.8. The van der Waals surface area contributed by atoms with Gasteiger partial charge in [0, 0.05) is 17.5 Å². The number of nitrogens with zero attached hydrogens (tertiary/aromatic N) is 1. The van der Waals surface area contributed by atoms with Gasteiger partial charge in [0.1, 0.15) is 0 Å². The highest BCUT2D eigenvalue weighted by molar-refractivity contribution is 9.11. The summed E-state index contributed by atoms with van der Waals surface area (Å²) < 4.78 is 19.8. The molecule has 2 rings (SSSR count). The van der Waals surface area contributed by atoms with Crippen molar-refractivity contribution in [3.8, 4) is 5.75 Å². The van der Waals surface area contributed by atoms with Gasteiger partial charge in [-0.25, -0.2) is 4.39 Å². The van der Waals surface area contributed by atoms with Gasteiger partial charge in [-0.1, -0.05) is 0 Å². The highest BCUT2D eigenvalue weighted by Gasteiger charge is 2.19. The fraction of sp³-hybridized carbons (Fsp3) is 0.231. The van der Waals surface area contributed by atoms with E-state index in [4.69, 9.17) is 4.74 Å². The SMILES string of the molecule is COc1cc(NCCc2ccc(Br)s2)c(F)cc1[N+](=O)[O-]. The van der Waals surface area contributed by atoms with Crippen LogP contribution in [0.15, 0.2) is 28.1 Å². The third-order valence-corrected chi connectivity index (χ3v) is 4.46. The van der Waals surface area contributed by atoms with Crippen LogP contribution >= 0.6 is 27.3 Å². The summed E-state index contributed by atoms with van der Waals surface area (Å²) in [7, 11) is 1.31. The molecular weight excluding hydrogens is 363 g/mol. The summed E-state index contributed by atoms with van der Waals surface area (Å²) in [6.45, 7) is 0.519. The second-order valence-electron chi connectivity index (χ2n) is 4.14. The van der Waals surface area contributed by atoms with Gasteiger partial charge in [-0.05, 0) is 34.5 Å². The van der Waals surface area contributed by atoms with Crippen molar-refractivity contribution in [1.82, 2.24) is 0 Å². The van der Waals surface area contributed by atoms with Crippen LogP contribution in [0.5, 0.6) is 5.75 Å². The Morgan fingerprint density at radius 3 is 2.81 bits per heavy atom. The lowest BCUT2D eigenvalue weighted by molar-refractivity contribution is -0.385. The molecule has 0 saturated carbocycles. The van der Waals surface area contributed by atoms with E-state index in [9.17, 15) is 14.5 Å². The van der Waals surface area contributed by atoms with Crippen LogP contribution in [0, 0.1) is 15.9 Å².